The Morgan fingerprint density at radius 1 is 1.17 bits per heavy atom. The standard InChI is InChI=1S/C9H16O3/c1-11-8-5-3-7(4-6-8)9(10)12-2/h7-8H,3-6H2,1-2H3/t7-,8+. The van der Waals surface area contributed by atoms with E-state index in [4.69, 9.17) is 4.74 Å². The fraction of sp³-hybridized carbons (Fsp3) is 0.889. The summed E-state index contributed by atoms with van der Waals surface area (Å²) in [6.45, 7) is 0. The van der Waals surface area contributed by atoms with Crippen molar-refractivity contribution >= 4 is 5.97 Å². The highest BCUT2D eigenvalue weighted by Crippen LogP contribution is 2.26. The summed E-state index contributed by atoms with van der Waals surface area (Å²) in [5.41, 5.74) is 0. The highest BCUT2D eigenvalue weighted by atomic mass is 16.5. The van der Waals surface area contributed by atoms with Crippen LogP contribution in [0.25, 0.3) is 0 Å². The van der Waals surface area contributed by atoms with Gasteiger partial charge in [-0.3, -0.25) is 4.79 Å². The molecule has 0 saturated heterocycles. The third-order valence-electron chi connectivity index (χ3n) is 2.54. The second-order valence-corrected chi connectivity index (χ2v) is 3.23. The lowest BCUT2D eigenvalue weighted by molar-refractivity contribution is -0.147. The smallest absolute Gasteiger partial charge is 0.308 e. The average molecular weight is 172 g/mol. The summed E-state index contributed by atoms with van der Waals surface area (Å²) in [5, 5.41) is 0. The van der Waals surface area contributed by atoms with E-state index in [-0.39, 0.29) is 11.9 Å². The number of ether oxygens (including phenoxy) is 2. The maximum absolute atomic E-state index is 11.1. The van der Waals surface area contributed by atoms with Crippen LogP contribution in [0.3, 0.4) is 0 Å². The first-order valence-electron chi connectivity index (χ1n) is 4.38. The number of carbonyl (C=O) groups excluding carboxylic acids is 1. The minimum atomic E-state index is -0.0652. The molecule has 0 amide bonds. The largest absolute Gasteiger partial charge is 0.469 e. The highest BCUT2D eigenvalue weighted by Gasteiger charge is 2.26. The summed E-state index contributed by atoms with van der Waals surface area (Å²) in [7, 11) is 3.17. The van der Waals surface area contributed by atoms with Crippen LogP contribution in [0.4, 0.5) is 0 Å². The summed E-state index contributed by atoms with van der Waals surface area (Å²) in [6, 6.07) is 0. The van der Waals surface area contributed by atoms with Crippen LogP contribution < -0.4 is 0 Å². The molecule has 0 radical (unpaired) electrons. The van der Waals surface area contributed by atoms with Crippen LogP contribution in [0.2, 0.25) is 0 Å². The maximum Gasteiger partial charge on any atom is 0.308 e. The zero-order valence-electron chi connectivity index (χ0n) is 7.71. The lowest BCUT2D eigenvalue weighted by atomic mass is 9.87. The van der Waals surface area contributed by atoms with E-state index in [1.807, 2.05) is 0 Å². The normalized spacial score (nSPS) is 29.8. The molecular weight excluding hydrogens is 156 g/mol. The summed E-state index contributed by atoms with van der Waals surface area (Å²) in [5.74, 6) is 0.0472. The van der Waals surface area contributed by atoms with Gasteiger partial charge in [0.2, 0.25) is 0 Å². The van der Waals surface area contributed by atoms with Gasteiger partial charge in [0.05, 0.1) is 19.1 Å². The van der Waals surface area contributed by atoms with E-state index >= 15 is 0 Å². The van der Waals surface area contributed by atoms with Crippen LogP contribution in [-0.4, -0.2) is 26.3 Å². The van der Waals surface area contributed by atoms with Gasteiger partial charge in [0.25, 0.3) is 0 Å². The summed E-state index contributed by atoms with van der Waals surface area (Å²) >= 11 is 0. The van der Waals surface area contributed by atoms with Gasteiger partial charge >= 0.3 is 5.97 Å². The Labute approximate surface area is 73.0 Å². The van der Waals surface area contributed by atoms with Gasteiger partial charge in [0.15, 0.2) is 0 Å². The van der Waals surface area contributed by atoms with Crippen LogP contribution in [0.5, 0.6) is 0 Å². The molecule has 1 rings (SSSR count). The van der Waals surface area contributed by atoms with E-state index in [1.165, 1.54) is 7.11 Å². The van der Waals surface area contributed by atoms with Gasteiger partial charge in [0, 0.05) is 7.11 Å². The molecule has 1 aliphatic rings. The molecule has 3 heteroatoms. The second-order valence-electron chi connectivity index (χ2n) is 3.23. The number of hydrogen-bond acceptors (Lipinski definition) is 3. The molecule has 0 heterocycles. The van der Waals surface area contributed by atoms with Gasteiger partial charge in [-0.25, -0.2) is 0 Å². The van der Waals surface area contributed by atoms with Crippen molar-refractivity contribution < 1.29 is 14.3 Å². The van der Waals surface area contributed by atoms with Gasteiger partial charge in [0.1, 0.15) is 0 Å². The van der Waals surface area contributed by atoms with Crippen molar-refractivity contribution in [2.24, 2.45) is 5.92 Å². The van der Waals surface area contributed by atoms with E-state index < -0.39 is 0 Å². The lowest BCUT2D eigenvalue weighted by Crippen LogP contribution is -2.26. The number of rotatable bonds is 2. The molecule has 0 aromatic carbocycles. The first-order chi connectivity index (χ1) is 5.77. The Balaban J connectivity index is 2.30. The molecule has 0 bridgehead atoms. The van der Waals surface area contributed by atoms with Gasteiger partial charge in [-0.05, 0) is 25.7 Å². The van der Waals surface area contributed by atoms with Crippen molar-refractivity contribution in [2.75, 3.05) is 14.2 Å². The number of hydrogen-bond donors (Lipinski definition) is 0. The minimum Gasteiger partial charge on any atom is -0.469 e. The summed E-state index contributed by atoms with van der Waals surface area (Å²) < 4.78 is 9.88. The van der Waals surface area contributed by atoms with Crippen molar-refractivity contribution in [1.82, 2.24) is 0 Å². The average Bonchev–Trinajstić information content (AvgIpc) is 2.17. The fourth-order valence-electron chi connectivity index (χ4n) is 1.70. The number of esters is 1. The molecule has 0 N–H and O–H groups in total. The van der Waals surface area contributed by atoms with E-state index in [0.717, 1.165) is 25.7 Å². The molecule has 1 saturated carbocycles. The van der Waals surface area contributed by atoms with E-state index in [9.17, 15) is 4.79 Å². The van der Waals surface area contributed by atoms with Crippen LogP contribution in [-0.2, 0) is 14.3 Å². The van der Waals surface area contributed by atoms with Crippen molar-refractivity contribution in [3.05, 3.63) is 0 Å². The number of carbonyl (C=O) groups is 1. The predicted molar refractivity (Wildman–Crippen MR) is 44.8 cm³/mol. The van der Waals surface area contributed by atoms with Gasteiger partial charge in [-0.15, -0.1) is 0 Å². The molecule has 0 unspecified atom stereocenters. The fourth-order valence-corrected chi connectivity index (χ4v) is 1.70. The molecule has 0 spiro atoms. The SMILES string of the molecule is COC(=O)[C@H]1CC[C@@H](OC)CC1. The minimum absolute atomic E-state index is 0.0652. The van der Waals surface area contributed by atoms with Crippen molar-refractivity contribution in [1.29, 1.82) is 0 Å². The third kappa shape index (κ3) is 2.21. The van der Waals surface area contributed by atoms with Gasteiger partial charge in [-0.1, -0.05) is 0 Å². The molecular formula is C9H16O3. The highest BCUT2D eigenvalue weighted by molar-refractivity contribution is 5.72. The zero-order valence-corrected chi connectivity index (χ0v) is 7.71. The topological polar surface area (TPSA) is 35.5 Å². The molecule has 1 aliphatic carbocycles. The number of methoxy groups -OCH3 is 2. The second kappa shape index (κ2) is 4.45. The Morgan fingerprint density at radius 2 is 1.75 bits per heavy atom. The van der Waals surface area contributed by atoms with E-state index in [0.29, 0.717) is 6.10 Å². The first kappa shape index (κ1) is 9.52. The zero-order chi connectivity index (χ0) is 8.97. The molecule has 0 aromatic heterocycles. The van der Waals surface area contributed by atoms with Gasteiger partial charge < -0.3 is 9.47 Å². The van der Waals surface area contributed by atoms with Crippen LogP contribution in [0.15, 0.2) is 0 Å². The summed E-state index contributed by atoms with van der Waals surface area (Å²) in [4.78, 5) is 11.1. The van der Waals surface area contributed by atoms with Crippen molar-refractivity contribution in [2.45, 2.75) is 31.8 Å². The van der Waals surface area contributed by atoms with Crippen LogP contribution in [0, 0.1) is 5.92 Å². The first-order valence-corrected chi connectivity index (χ1v) is 4.38. The molecule has 1 fully saturated rings. The monoisotopic (exact) mass is 172 g/mol. The lowest BCUT2D eigenvalue weighted by Gasteiger charge is -2.25. The van der Waals surface area contributed by atoms with Crippen molar-refractivity contribution in [3.8, 4) is 0 Å². The Morgan fingerprint density at radius 3 is 2.17 bits per heavy atom. The third-order valence-corrected chi connectivity index (χ3v) is 2.54. The maximum atomic E-state index is 11.1. The molecule has 3 nitrogen and oxygen atoms in total. The predicted octanol–water partition coefficient (Wildman–Crippen LogP) is 1.36. The van der Waals surface area contributed by atoms with E-state index in [2.05, 4.69) is 4.74 Å². The molecule has 12 heavy (non-hydrogen) atoms. The van der Waals surface area contributed by atoms with Crippen LogP contribution in [0.1, 0.15) is 25.7 Å². The summed E-state index contributed by atoms with van der Waals surface area (Å²) in [6.07, 6.45) is 4.13. The van der Waals surface area contributed by atoms with Gasteiger partial charge in [-0.2, -0.15) is 0 Å². The van der Waals surface area contributed by atoms with E-state index in [1.54, 1.807) is 7.11 Å². The Bertz CT molecular complexity index is 148. The Kier molecular flexibility index (Phi) is 3.53. The molecule has 0 aromatic rings. The molecule has 70 valence electrons. The molecule has 0 aliphatic heterocycles. The van der Waals surface area contributed by atoms with Crippen molar-refractivity contribution in [3.63, 3.8) is 0 Å². The Hall–Kier alpha value is -0.570. The molecule has 0 atom stereocenters. The van der Waals surface area contributed by atoms with Crippen LogP contribution >= 0.6 is 0 Å². The quantitative estimate of drug-likeness (QED) is 0.590.